The summed E-state index contributed by atoms with van der Waals surface area (Å²) in [5.41, 5.74) is 3.47. The van der Waals surface area contributed by atoms with Gasteiger partial charge in [0.05, 0.1) is 6.20 Å². The van der Waals surface area contributed by atoms with E-state index in [1.165, 1.54) is 5.56 Å². The van der Waals surface area contributed by atoms with Crippen LogP contribution in [0.4, 0.5) is 5.69 Å². The van der Waals surface area contributed by atoms with Gasteiger partial charge in [-0.1, -0.05) is 26.0 Å². The summed E-state index contributed by atoms with van der Waals surface area (Å²) in [4.78, 5) is 0. The molecular formula is C16H22N4S. The molecule has 0 saturated carbocycles. The molecule has 1 unspecified atom stereocenters. The Hall–Kier alpha value is -1.88. The summed E-state index contributed by atoms with van der Waals surface area (Å²) in [5, 5.41) is 11.1. The Balaban J connectivity index is 1.84. The average molecular weight is 302 g/mol. The minimum Gasteiger partial charge on any atom is -0.358 e. The first-order valence-corrected chi connectivity index (χ1v) is 7.61. The van der Waals surface area contributed by atoms with Crippen molar-refractivity contribution in [3.05, 3.63) is 47.8 Å². The zero-order valence-electron chi connectivity index (χ0n) is 12.8. The van der Waals surface area contributed by atoms with Crippen LogP contribution in [-0.4, -0.2) is 14.9 Å². The van der Waals surface area contributed by atoms with Crippen LogP contribution in [0.2, 0.25) is 0 Å². The zero-order chi connectivity index (χ0) is 15.2. The lowest BCUT2D eigenvalue weighted by Crippen LogP contribution is -2.27. The van der Waals surface area contributed by atoms with Gasteiger partial charge in [-0.2, -0.15) is 5.10 Å². The lowest BCUT2D eigenvalue weighted by Gasteiger charge is -2.12. The topological polar surface area (TPSA) is 41.9 Å². The molecule has 0 radical (unpaired) electrons. The number of nitrogens with zero attached hydrogens (tertiary/aromatic N) is 2. The molecule has 1 aromatic carbocycles. The molecule has 0 aliphatic carbocycles. The molecule has 0 amide bonds. The minimum atomic E-state index is 0.592. The number of benzene rings is 1. The summed E-state index contributed by atoms with van der Waals surface area (Å²) >= 11 is 5.30. The predicted molar refractivity (Wildman–Crippen MR) is 91.4 cm³/mol. The van der Waals surface area contributed by atoms with Crippen molar-refractivity contribution in [2.45, 2.75) is 32.7 Å². The number of hydrogen-bond donors (Lipinski definition) is 2. The van der Waals surface area contributed by atoms with E-state index in [1.54, 1.807) is 4.68 Å². The molecule has 2 rings (SSSR count). The second-order valence-corrected chi connectivity index (χ2v) is 5.67. The van der Waals surface area contributed by atoms with E-state index in [4.69, 9.17) is 12.2 Å². The van der Waals surface area contributed by atoms with Crippen LogP contribution in [0.1, 0.15) is 37.3 Å². The molecule has 0 aliphatic heterocycles. The Morgan fingerprint density at radius 3 is 2.62 bits per heavy atom. The molecule has 4 nitrogen and oxygen atoms in total. The van der Waals surface area contributed by atoms with Crippen molar-refractivity contribution in [2.24, 2.45) is 7.05 Å². The van der Waals surface area contributed by atoms with Gasteiger partial charge in [0.1, 0.15) is 0 Å². The molecule has 0 fully saturated rings. The van der Waals surface area contributed by atoms with Gasteiger partial charge in [-0.15, -0.1) is 0 Å². The summed E-state index contributed by atoms with van der Waals surface area (Å²) in [5.74, 6) is 0.592. The molecule has 21 heavy (non-hydrogen) atoms. The van der Waals surface area contributed by atoms with E-state index < -0.39 is 0 Å². The number of aryl methyl sites for hydroxylation is 1. The first kappa shape index (κ1) is 15.5. The molecule has 0 saturated heterocycles. The number of rotatable bonds is 5. The molecule has 2 N–H and O–H groups in total. The maximum Gasteiger partial charge on any atom is 0.171 e. The molecule has 5 heteroatoms. The molecule has 0 aliphatic rings. The van der Waals surface area contributed by atoms with E-state index in [1.807, 2.05) is 19.4 Å². The highest BCUT2D eigenvalue weighted by atomic mass is 32.1. The summed E-state index contributed by atoms with van der Waals surface area (Å²) < 4.78 is 1.78. The van der Waals surface area contributed by atoms with Crippen molar-refractivity contribution in [3.8, 4) is 0 Å². The monoisotopic (exact) mass is 302 g/mol. The third kappa shape index (κ3) is 4.56. The van der Waals surface area contributed by atoms with Crippen molar-refractivity contribution in [2.75, 3.05) is 5.32 Å². The maximum atomic E-state index is 5.30. The van der Waals surface area contributed by atoms with Crippen LogP contribution in [0.5, 0.6) is 0 Å². The molecule has 0 bridgehead atoms. The van der Waals surface area contributed by atoms with E-state index in [-0.39, 0.29) is 0 Å². The highest BCUT2D eigenvalue weighted by molar-refractivity contribution is 7.80. The van der Waals surface area contributed by atoms with Gasteiger partial charge >= 0.3 is 0 Å². The predicted octanol–water partition coefficient (Wildman–Crippen LogP) is 3.42. The van der Waals surface area contributed by atoms with Crippen LogP contribution in [0.15, 0.2) is 36.7 Å². The van der Waals surface area contributed by atoms with E-state index >= 15 is 0 Å². The van der Waals surface area contributed by atoms with Gasteiger partial charge < -0.3 is 10.6 Å². The van der Waals surface area contributed by atoms with Crippen LogP contribution >= 0.6 is 12.2 Å². The molecule has 2 aromatic rings. The molecule has 0 spiro atoms. The summed E-state index contributed by atoms with van der Waals surface area (Å²) in [6.07, 6.45) is 4.95. The Bertz CT molecular complexity index is 589. The zero-order valence-corrected chi connectivity index (χ0v) is 13.6. The van der Waals surface area contributed by atoms with Gasteiger partial charge in [0.15, 0.2) is 5.11 Å². The molecule has 1 heterocycles. The molecule has 1 aromatic heterocycles. The van der Waals surface area contributed by atoms with E-state index in [9.17, 15) is 0 Å². The second kappa shape index (κ2) is 7.22. The van der Waals surface area contributed by atoms with Gasteiger partial charge in [0.2, 0.25) is 0 Å². The number of thiocarbonyl (C=S) groups is 1. The van der Waals surface area contributed by atoms with Crippen LogP contribution in [0, 0.1) is 0 Å². The van der Waals surface area contributed by atoms with Crippen LogP contribution < -0.4 is 10.6 Å². The average Bonchev–Trinajstić information content (AvgIpc) is 2.91. The SMILES string of the molecule is CCC(C)c1ccc(NC(=S)NCc2cnn(C)c2)cc1. The fraction of sp³-hybridized carbons (Fsp3) is 0.375. The highest BCUT2D eigenvalue weighted by Gasteiger charge is 2.03. The van der Waals surface area contributed by atoms with Gasteiger partial charge in [0, 0.05) is 31.0 Å². The van der Waals surface area contributed by atoms with E-state index in [0.717, 1.165) is 17.7 Å². The van der Waals surface area contributed by atoms with Crippen molar-refractivity contribution in [1.82, 2.24) is 15.1 Å². The Morgan fingerprint density at radius 2 is 2.05 bits per heavy atom. The number of aromatic nitrogens is 2. The van der Waals surface area contributed by atoms with Crippen molar-refractivity contribution in [1.29, 1.82) is 0 Å². The molecular weight excluding hydrogens is 280 g/mol. The number of hydrogen-bond acceptors (Lipinski definition) is 2. The lowest BCUT2D eigenvalue weighted by atomic mass is 9.99. The number of nitrogens with one attached hydrogen (secondary N) is 2. The quantitative estimate of drug-likeness (QED) is 0.831. The van der Waals surface area contributed by atoms with E-state index in [2.05, 4.69) is 53.8 Å². The lowest BCUT2D eigenvalue weighted by molar-refractivity contribution is 0.734. The van der Waals surface area contributed by atoms with Gasteiger partial charge in [-0.3, -0.25) is 4.68 Å². The van der Waals surface area contributed by atoms with Gasteiger partial charge in [-0.25, -0.2) is 0 Å². The highest BCUT2D eigenvalue weighted by Crippen LogP contribution is 2.20. The smallest absolute Gasteiger partial charge is 0.171 e. The van der Waals surface area contributed by atoms with Gasteiger partial charge in [-0.05, 0) is 42.3 Å². The third-order valence-corrected chi connectivity index (χ3v) is 3.81. The molecule has 1 atom stereocenters. The summed E-state index contributed by atoms with van der Waals surface area (Å²) in [7, 11) is 1.90. The fourth-order valence-electron chi connectivity index (χ4n) is 2.05. The second-order valence-electron chi connectivity index (χ2n) is 5.26. The van der Waals surface area contributed by atoms with Crippen LogP contribution in [-0.2, 0) is 13.6 Å². The van der Waals surface area contributed by atoms with Crippen LogP contribution in [0.3, 0.4) is 0 Å². The van der Waals surface area contributed by atoms with Crippen LogP contribution in [0.25, 0.3) is 0 Å². The standard InChI is InChI=1S/C16H22N4S/c1-4-12(2)14-5-7-15(8-6-14)19-16(21)17-9-13-10-18-20(3)11-13/h5-8,10-12H,4,9H2,1-3H3,(H2,17,19,21). The Morgan fingerprint density at radius 1 is 1.33 bits per heavy atom. The normalized spacial score (nSPS) is 12.0. The third-order valence-electron chi connectivity index (χ3n) is 3.56. The Kier molecular flexibility index (Phi) is 5.33. The van der Waals surface area contributed by atoms with Crippen molar-refractivity contribution < 1.29 is 0 Å². The largest absolute Gasteiger partial charge is 0.358 e. The van der Waals surface area contributed by atoms with Gasteiger partial charge in [0.25, 0.3) is 0 Å². The number of anilines is 1. The van der Waals surface area contributed by atoms with Crippen molar-refractivity contribution >= 4 is 23.0 Å². The summed E-state index contributed by atoms with van der Waals surface area (Å²) in [6, 6.07) is 8.44. The first-order valence-electron chi connectivity index (χ1n) is 7.20. The first-order chi connectivity index (χ1) is 10.1. The fourth-order valence-corrected chi connectivity index (χ4v) is 2.24. The molecule has 112 valence electrons. The van der Waals surface area contributed by atoms with E-state index in [0.29, 0.717) is 17.6 Å². The van der Waals surface area contributed by atoms with Crippen molar-refractivity contribution in [3.63, 3.8) is 0 Å². The Labute approximate surface area is 131 Å². The summed E-state index contributed by atoms with van der Waals surface area (Å²) in [6.45, 7) is 5.11. The minimum absolute atomic E-state index is 0.592. The maximum absolute atomic E-state index is 5.30.